The molecular weight excluding hydrogens is 404 g/mol. The van der Waals surface area contributed by atoms with E-state index < -0.39 is 0 Å². The third kappa shape index (κ3) is 4.01. The standard InChI is InChI=1S/C25H26N4O3/c1-16-8-6-11-23(29-25(30)28(4)26-27-29)22(16)15-32-24-13-17(2)21(12-18(24)3)19-9-7-10-20(14-19)31-5/h6-14H,15H2,1-5H3. The first-order chi connectivity index (χ1) is 15.4. The van der Waals surface area contributed by atoms with E-state index in [1.807, 2.05) is 50.2 Å². The zero-order chi connectivity index (χ0) is 22.8. The van der Waals surface area contributed by atoms with E-state index in [9.17, 15) is 4.79 Å². The molecule has 0 bridgehead atoms. The van der Waals surface area contributed by atoms with Gasteiger partial charge in [0, 0.05) is 12.6 Å². The molecule has 0 aliphatic carbocycles. The average Bonchev–Trinajstić information content (AvgIpc) is 3.12. The molecule has 164 valence electrons. The number of hydrogen-bond donors (Lipinski definition) is 0. The molecule has 0 N–H and O–H groups in total. The van der Waals surface area contributed by atoms with Gasteiger partial charge in [-0.3, -0.25) is 0 Å². The van der Waals surface area contributed by atoms with Gasteiger partial charge in [0.1, 0.15) is 18.1 Å². The zero-order valence-corrected chi connectivity index (χ0v) is 18.9. The largest absolute Gasteiger partial charge is 0.497 e. The topological polar surface area (TPSA) is 71.2 Å². The van der Waals surface area contributed by atoms with Crippen LogP contribution in [0.5, 0.6) is 11.5 Å². The molecule has 4 rings (SSSR count). The summed E-state index contributed by atoms with van der Waals surface area (Å²) < 4.78 is 14.1. The molecule has 1 aromatic heterocycles. The Hall–Kier alpha value is -3.87. The van der Waals surface area contributed by atoms with Gasteiger partial charge in [-0.05, 0) is 89.3 Å². The monoisotopic (exact) mass is 430 g/mol. The molecule has 1 heterocycles. The fourth-order valence-electron chi connectivity index (χ4n) is 3.73. The van der Waals surface area contributed by atoms with Gasteiger partial charge in [0.2, 0.25) is 0 Å². The van der Waals surface area contributed by atoms with Crippen molar-refractivity contribution in [3.05, 3.63) is 87.3 Å². The summed E-state index contributed by atoms with van der Waals surface area (Å²) in [5, 5.41) is 7.81. The summed E-state index contributed by atoms with van der Waals surface area (Å²) in [4.78, 5) is 12.4. The van der Waals surface area contributed by atoms with Crippen LogP contribution in [0.3, 0.4) is 0 Å². The van der Waals surface area contributed by atoms with Crippen LogP contribution in [0, 0.1) is 20.8 Å². The highest BCUT2D eigenvalue weighted by molar-refractivity contribution is 5.70. The molecule has 0 aliphatic rings. The van der Waals surface area contributed by atoms with Crippen molar-refractivity contribution < 1.29 is 9.47 Å². The first-order valence-electron chi connectivity index (χ1n) is 10.4. The number of aryl methyl sites for hydroxylation is 4. The molecule has 3 aromatic carbocycles. The summed E-state index contributed by atoms with van der Waals surface area (Å²) in [5.74, 6) is 1.63. The van der Waals surface area contributed by atoms with Crippen molar-refractivity contribution in [1.29, 1.82) is 0 Å². The van der Waals surface area contributed by atoms with E-state index in [1.54, 1.807) is 14.2 Å². The molecule has 0 aliphatic heterocycles. The summed E-state index contributed by atoms with van der Waals surface area (Å²) in [7, 11) is 3.25. The molecular formula is C25H26N4O3. The number of hydrogen-bond acceptors (Lipinski definition) is 5. The van der Waals surface area contributed by atoms with Crippen LogP contribution in [-0.2, 0) is 13.7 Å². The Bertz CT molecular complexity index is 1340. The van der Waals surface area contributed by atoms with Crippen LogP contribution in [0.1, 0.15) is 22.3 Å². The van der Waals surface area contributed by atoms with Crippen molar-refractivity contribution >= 4 is 0 Å². The van der Waals surface area contributed by atoms with E-state index >= 15 is 0 Å². The third-order valence-electron chi connectivity index (χ3n) is 5.61. The molecule has 0 atom stereocenters. The fraction of sp³-hybridized carbons (Fsp3) is 0.240. The van der Waals surface area contributed by atoms with Gasteiger partial charge in [-0.15, -0.1) is 0 Å². The fourth-order valence-corrected chi connectivity index (χ4v) is 3.73. The Morgan fingerprint density at radius 2 is 1.69 bits per heavy atom. The Labute approximate surface area is 186 Å². The van der Waals surface area contributed by atoms with Gasteiger partial charge in [0.15, 0.2) is 0 Å². The minimum absolute atomic E-state index is 0.300. The molecule has 0 unspecified atom stereocenters. The van der Waals surface area contributed by atoms with Crippen molar-refractivity contribution in [2.24, 2.45) is 7.05 Å². The summed E-state index contributed by atoms with van der Waals surface area (Å²) in [5.41, 5.74) is 6.65. The maximum atomic E-state index is 12.4. The number of aromatic nitrogens is 4. The molecule has 32 heavy (non-hydrogen) atoms. The van der Waals surface area contributed by atoms with Gasteiger partial charge in [-0.1, -0.05) is 24.3 Å². The molecule has 0 fully saturated rings. The number of benzene rings is 3. The van der Waals surface area contributed by atoms with E-state index in [2.05, 4.69) is 35.5 Å². The normalized spacial score (nSPS) is 10.9. The lowest BCUT2D eigenvalue weighted by Crippen LogP contribution is -2.23. The first-order valence-corrected chi connectivity index (χ1v) is 10.4. The van der Waals surface area contributed by atoms with Gasteiger partial charge in [0.25, 0.3) is 0 Å². The number of rotatable bonds is 6. The number of nitrogens with zero attached hydrogens (tertiary/aromatic N) is 4. The van der Waals surface area contributed by atoms with Gasteiger partial charge < -0.3 is 9.47 Å². The maximum absolute atomic E-state index is 12.4. The molecule has 7 nitrogen and oxygen atoms in total. The van der Waals surface area contributed by atoms with Crippen molar-refractivity contribution in [2.75, 3.05) is 7.11 Å². The Morgan fingerprint density at radius 3 is 2.41 bits per heavy atom. The molecule has 7 heteroatoms. The highest BCUT2D eigenvalue weighted by atomic mass is 16.5. The molecule has 0 spiro atoms. The average molecular weight is 431 g/mol. The van der Waals surface area contributed by atoms with Crippen LogP contribution in [0.4, 0.5) is 0 Å². The molecule has 4 aromatic rings. The molecule has 0 amide bonds. The second-order valence-electron chi connectivity index (χ2n) is 7.82. The van der Waals surface area contributed by atoms with Crippen LogP contribution >= 0.6 is 0 Å². The lowest BCUT2D eigenvalue weighted by Gasteiger charge is -2.16. The molecule has 0 saturated heterocycles. The minimum Gasteiger partial charge on any atom is -0.497 e. The van der Waals surface area contributed by atoms with E-state index in [4.69, 9.17) is 9.47 Å². The first kappa shape index (κ1) is 21.4. The zero-order valence-electron chi connectivity index (χ0n) is 18.9. The van der Waals surface area contributed by atoms with Gasteiger partial charge in [-0.25, -0.2) is 4.79 Å². The second-order valence-corrected chi connectivity index (χ2v) is 7.82. The van der Waals surface area contributed by atoms with E-state index in [1.165, 1.54) is 9.36 Å². The van der Waals surface area contributed by atoms with Crippen molar-refractivity contribution in [3.63, 3.8) is 0 Å². The molecule has 0 radical (unpaired) electrons. The Kier molecular flexibility index (Phi) is 5.81. The van der Waals surface area contributed by atoms with Gasteiger partial charge in [0.05, 0.1) is 12.8 Å². The minimum atomic E-state index is -0.300. The predicted octanol–water partition coefficient (Wildman–Crippen LogP) is 4.15. The highest BCUT2D eigenvalue weighted by Gasteiger charge is 2.15. The van der Waals surface area contributed by atoms with Crippen molar-refractivity contribution in [1.82, 2.24) is 19.8 Å². The molecule has 0 saturated carbocycles. The SMILES string of the molecule is COc1cccc(-c2cc(C)c(OCc3c(C)cccc3-n3nnn(C)c3=O)cc2C)c1. The number of methoxy groups -OCH3 is 1. The number of ether oxygens (including phenoxy) is 2. The lowest BCUT2D eigenvalue weighted by molar-refractivity contribution is 0.302. The summed E-state index contributed by atoms with van der Waals surface area (Å²) in [6, 6.07) is 17.9. The maximum Gasteiger partial charge on any atom is 0.368 e. The smallest absolute Gasteiger partial charge is 0.368 e. The predicted molar refractivity (Wildman–Crippen MR) is 124 cm³/mol. The van der Waals surface area contributed by atoms with Crippen molar-refractivity contribution in [2.45, 2.75) is 27.4 Å². The van der Waals surface area contributed by atoms with E-state index in [0.717, 1.165) is 44.9 Å². The van der Waals surface area contributed by atoms with E-state index in [-0.39, 0.29) is 5.69 Å². The number of tetrazole rings is 1. The quantitative estimate of drug-likeness (QED) is 0.460. The van der Waals surface area contributed by atoms with Crippen LogP contribution in [0.25, 0.3) is 16.8 Å². The van der Waals surface area contributed by atoms with E-state index in [0.29, 0.717) is 12.3 Å². The second kappa shape index (κ2) is 8.70. The van der Waals surface area contributed by atoms with Crippen LogP contribution in [0.2, 0.25) is 0 Å². The summed E-state index contributed by atoms with van der Waals surface area (Å²) in [6.07, 6.45) is 0. The van der Waals surface area contributed by atoms with Crippen LogP contribution in [0.15, 0.2) is 59.4 Å². The van der Waals surface area contributed by atoms with Crippen LogP contribution in [-0.4, -0.2) is 26.9 Å². The highest BCUT2D eigenvalue weighted by Crippen LogP contribution is 2.32. The Balaban J connectivity index is 1.65. The Morgan fingerprint density at radius 1 is 0.906 bits per heavy atom. The van der Waals surface area contributed by atoms with Gasteiger partial charge >= 0.3 is 5.69 Å². The summed E-state index contributed by atoms with van der Waals surface area (Å²) >= 11 is 0. The lowest BCUT2D eigenvalue weighted by atomic mass is 9.97. The van der Waals surface area contributed by atoms with Gasteiger partial charge in [-0.2, -0.15) is 9.36 Å². The third-order valence-corrected chi connectivity index (χ3v) is 5.61. The van der Waals surface area contributed by atoms with Crippen molar-refractivity contribution in [3.8, 4) is 28.3 Å². The summed E-state index contributed by atoms with van der Waals surface area (Å²) in [6.45, 7) is 6.40. The van der Waals surface area contributed by atoms with Crippen LogP contribution < -0.4 is 15.2 Å².